The Hall–Kier alpha value is -2.55. The fraction of sp³-hybridized carbons (Fsp3) is 0.267. The van der Waals surface area contributed by atoms with Gasteiger partial charge in [-0.15, -0.1) is 11.7 Å². The van der Waals surface area contributed by atoms with Crippen LogP contribution in [0.3, 0.4) is 0 Å². The first-order chi connectivity index (χ1) is 11.7. The van der Waals surface area contributed by atoms with Crippen LogP contribution >= 0.6 is 11.8 Å². The number of rotatable bonds is 7. The number of halogens is 1. The van der Waals surface area contributed by atoms with Gasteiger partial charge in [0.25, 0.3) is 0 Å². The molecule has 0 unspecified atom stereocenters. The Balaban J connectivity index is 1.67. The maximum atomic E-state index is 12.9. The molecule has 0 saturated heterocycles. The van der Waals surface area contributed by atoms with Gasteiger partial charge in [-0.25, -0.2) is 9.07 Å². The summed E-state index contributed by atoms with van der Waals surface area (Å²) >= 11 is 1.42. The smallest absolute Gasteiger partial charge is 0.239 e. The average molecular weight is 346 g/mol. The second-order valence-corrected chi connectivity index (χ2v) is 6.35. The van der Waals surface area contributed by atoms with Crippen molar-refractivity contribution in [3.8, 4) is 0 Å². The Kier molecular flexibility index (Phi) is 4.99. The summed E-state index contributed by atoms with van der Waals surface area (Å²) in [7, 11) is 0. The van der Waals surface area contributed by atoms with Gasteiger partial charge in [0.05, 0.1) is 11.8 Å². The van der Waals surface area contributed by atoms with Crippen molar-refractivity contribution in [2.75, 3.05) is 0 Å². The highest BCUT2D eigenvalue weighted by Gasteiger charge is 2.19. The van der Waals surface area contributed by atoms with E-state index in [0.29, 0.717) is 29.8 Å². The van der Waals surface area contributed by atoms with Gasteiger partial charge >= 0.3 is 0 Å². The van der Waals surface area contributed by atoms with Crippen LogP contribution in [0.15, 0.2) is 46.6 Å². The van der Waals surface area contributed by atoms with Crippen molar-refractivity contribution >= 4 is 11.8 Å². The summed E-state index contributed by atoms with van der Waals surface area (Å²) in [4.78, 5) is 4.39. The molecule has 0 aliphatic heterocycles. The van der Waals surface area contributed by atoms with Gasteiger partial charge in [0, 0.05) is 6.42 Å². The van der Waals surface area contributed by atoms with E-state index < -0.39 is 0 Å². The lowest BCUT2D eigenvalue weighted by Crippen LogP contribution is -2.01. The van der Waals surface area contributed by atoms with Crippen LogP contribution in [-0.2, 0) is 13.0 Å². The van der Waals surface area contributed by atoms with Crippen molar-refractivity contribution in [2.45, 2.75) is 30.3 Å². The molecular formula is C15H15FN6OS. The standard InChI is InChI=1S/C15H15FN6OS/c1-3-8-22-15(18-20-21-22)24-10(2)14-17-13(19-23-14)9-11-4-6-12(16)7-5-11/h3-7,10H,1,8-9H2,2H3/t10-/m1/s1. The normalized spacial score (nSPS) is 12.2. The number of benzene rings is 1. The summed E-state index contributed by atoms with van der Waals surface area (Å²) in [6.07, 6.45) is 2.20. The lowest BCUT2D eigenvalue weighted by molar-refractivity contribution is 0.375. The highest BCUT2D eigenvalue weighted by atomic mass is 32.2. The molecular weight excluding hydrogens is 331 g/mol. The predicted octanol–water partition coefficient (Wildman–Crippen LogP) is 2.83. The molecule has 0 spiro atoms. The van der Waals surface area contributed by atoms with Crippen LogP contribution in [0.2, 0.25) is 0 Å². The van der Waals surface area contributed by atoms with E-state index in [1.165, 1.54) is 23.9 Å². The zero-order valence-corrected chi connectivity index (χ0v) is 13.8. The van der Waals surface area contributed by atoms with Gasteiger partial charge in [-0.2, -0.15) is 4.98 Å². The molecule has 2 heterocycles. The van der Waals surface area contributed by atoms with Crippen LogP contribution in [0.1, 0.15) is 29.5 Å². The van der Waals surface area contributed by atoms with Crippen molar-refractivity contribution in [1.29, 1.82) is 0 Å². The zero-order chi connectivity index (χ0) is 16.9. The van der Waals surface area contributed by atoms with E-state index in [4.69, 9.17) is 4.52 Å². The van der Waals surface area contributed by atoms with Crippen LogP contribution in [0.5, 0.6) is 0 Å². The zero-order valence-electron chi connectivity index (χ0n) is 13.0. The third-order valence-electron chi connectivity index (χ3n) is 3.19. The number of tetrazole rings is 1. The van der Waals surface area contributed by atoms with Gasteiger partial charge in [-0.1, -0.05) is 35.1 Å². The number of allylic oxidation sites excluding steroid dienone is 1. The molecule has 3 rings (SSSR count). The molecule has 0 radical (unpaired) electrons. The molecule has 7 nitrogen and oxygen atoms in total. The summed E-state index contributed by atoms with van der Waals surface area (Å²) in [6.45, 7) is 6.14. The molecule has 0 saturated carbocycles. The highest BCUT2D eigenvalue weighted by molar-refractivity contribution is 7.99. The van der Waals surface area contributed by atoms with E-state index >= 15 is 0 Å². The lowest BCUT2D eigenvalue weighted by atomic mass is 10.1. The maximum Gasteiger partial charge on any atom is 0.239 e. The molecule has 0 aliphatic rings. The van der Waals surface area contributed by atoms with E-state index in [-0.39, 0.29) is 11.1 Å². The summed E-state index contributed by atoms with van der Waals surface area (Å²) in [6, 6.07) is 6.22. The molecule has 1 atom stereocenters. The van der Waals surface area contributed by atoms with E-state index in [1.807, 2.05) is 6.92 Å². The maximum absolute atomic E-state index is 12.9. The Morgan fingerprint density at radius 2 is 2.17 bits per heavy atom. The molecule has 0 aliphatic carbocycles. The largest absolute Gasteiger partial charge is 0.338 e. The Labute approximate surface area is 142 Å². The monoisotopic (exact) mass is 346 g/mol. The minimum atomic E-state index is -0.269. The average Bonchev–Trinajstić information content (AvgIpc) is 3.20. The highest BCUT2D eigenvalue weighted by Crippen LogP contribution is 2.32. The number of aromatic nitrogens is 6. The first-order valence-electron chi connectivity index (χ1n) is 7.26. The van der Waals surface area contributed by atoms with Crippen molar-refractivity contribution in [2.24, 2.45) is 0 Å². The van der Waals surface area contributed by atoms with Crippen LogP contribution in [0.4, 0.5) is 4.39 Å². The van der Waals surface area contributed by atoms with Gasteiger partial charge in [0.15, 0.2) is 5.82 Å². The van der Waals surface area contributed by atoms with Crippen LogP contribution in [0, 0.1) is 5.82 Å². The van der Waals surface area contributed by atoms with Crippen LogP contribution in [0.25, 0.3) is 0 Å². The molecule has 9 heteroatoms. The molecule has 2 aromatic heterocycles. The van der Waals surface area contributed by atoms with E-state index in [9.17, 15) is 4.39 Å². The number of hydrogen-bond acceptors (Lipinski definition) is 7. The molecule has 24 heavy (non-hydrogen) atoms. The Morgan fingerprint density at radius 3 is 2.92 bits per heavy atom. The molecule has 124 valence electrons. The predicted molar refractivity (Wildman–Crippen MR) is 85.8 cm³/mol. The van der Waals surface area contributed by atoms with Gasteiger partial charge in [0.2, 0.25) is 11.0 Å². The first kappa shape index (κ1) is 16.3. The van der Waals surface area contributed by atoms with Gasteiger partial charge in [-0.3, -0.25) is 0 Å². The number of hydrogen-bond donors (Lipinski definition) is 0. The van der Waals surface area contributed by atoms with E-state index in [2.05, 4.69) is 32.2 Å². The third kappa shape index (κ3) is 3.85. The topological polar surface area (TPSA) is 82.5 Å². The quantitative estimate of drug-likeness (QED) is 0.480. The summed E-state index contributed by atoms with van der Waals surface area (Å²) < 4.78 is 19.9. The second-order valence-electron chi connectivity index (χ2n) is 5.04. The fourth-order valence-corrected chi connectivity index (χ4v) is 2.84. The van der Waals surface area contributed by atoms with Crippen molar-refractivity contribution in [1.82, 2.24) is 30.3 Å². The summed E-state index contributed by atoms with van der Waals surface area (Å²) in [5.41, 5.74) is 0.916. The fourth-order valence-electron chi connectivity index (χ4n) is 2.02. The van der Waals surface area contributed by atoms with Crippen LogP contribution < -0.4 is 0 Å². The first-order valence-corrected chi connectivity index (χ1v) is 8.14. The van der Waals surface area contributed by atoms with Gasteiger partial charge in [-0.05, 0) is 35.0 Å². The minimum absolute atomic E-state index is 0.103. The van der Waals surface area contributed by atoms with E-state index in [1.54, 1.807) is 22.9 Å². The number of thioether (sulfide) groups is 1. The second kappa shape index (κ2) is 7.35. The van der Waals surface area contributed by atoms with E-state index in [0.717, 1.165) is 5.56 Å². The van der Waals surface area contributed by atoms with Crippen molar-refractivity contribution < 1.29 is 8.91 Å². The molecule has 0 fully saturated rings. The van der Waals surface area contributed by atoms with Crippen LogP contribution in [-0.4, -0.2) is 30.3 Å². The molecule has 0 amide bonds. The SMILES string of the molecule is C=CCn1nnnc1S[C@H](C)c1nc(Cc2ccc(F)cc2)no1. The summed E-state index contributed by atoms with van der Waals surface area (Å²) in [5.74, 6) is 0.773. The Morgan fingerprint density at radius 1 is 1.38 bits per heavy atom. The Bertz CT molecular complexity index is 815. The van der Waals surface area contributed by atoms with Gasteiger partial charge < -0.3 is 4.52 Å². The summed E-state index contributed by atoms with van der Waals surface area (Å²) in [5, 5.41) is 16.0. The number of nitrogens with zero attached hydrogens (tertiary/aromatic N) is 6. The third-order valence-corrected chi connectivity index (χ3v) is 4.25. The molecule has 0 bridgehead atoms. The molecule has 0 N–H and O–H groups in total. The molecule has 1 aromatic carbocycles. The van der Waals surface area contributed by atoms with Crippen molar-refractivity contribution in [3.63, 3.8) is 0 Å². The van der Waals surface area contributed by atoms with Crippen molar-refractivity contribution in [3.05, 3.63) is 60.0 Å². The minimum Gasteiger partial charge on any atom is -0.338 e. The van der Waals surface area contributed by atoms with Gasteiger partial charge in [0.1, 0.15) is 5.82 Å². The lowest BCUT2D eigenvalue weighted by Gasteiger charge is -2.05. The molecule has 3 aromatic rings.